The molecule has 13 heavy (non-hydrogen) atoms. The van der Waals surface area contributed by atoms with Gasteiger partial charge >= 0.3 is 6.08 Å². The normalized spacial score (nSPS) is 13.2. The molecule has 0 fully saturated rings. The van der Waals surface area contributed by atoms with Crippen molar-refractivity contribution in [1.29, 1.82) is 0 Å². The molecule has 0 atom stereocenters. The van der Waals surface area contributed by atoms with E-state index in [1.807, 2.05) is 0 Å². The molecule has 0 bridgehead atoms. The van der Waals surface area contributed by atoms with Crippen LogP contribution in [0, 0.1) is 11.6 Å². The third-order valence-electron chi connectivity index (χ3n) is 1.16. The molecule has 1 rings (SSSR count). The molecule has 0 radical (unpaired) electrons. The molecule has 0 aliphatic rings. The molecular formula is C8H3F5. The fourth-order valence-corrected chi connectivity index (χ4v) is 0.614. The van der Waals surface area contributed by atoms with Crippen LogP contribution in [0.15, 0.2) is 24.2 Å². The zero-order valence-corrected chi connectivity index (χ0v) is 5.89. The van der Waals surface area contributed by atoms with E-state index in [9.17, 15) is 22.0 Å². The van der Waals surface area contributed by atoms with Crippen molar-refractivity contribution in [1.82, 2.24) is 0 Å². The number of rotatable bonds is 1. The zero-order valence-electron chi connectivity index (χ0n) is 8.89. The van der Waals surface area contributed by atoms with Gasteiger partial charge in [-0.1, -0.05) is 6.04 Å². The van der Waals surface area contributed by atoms with Gasteiger partial charge in [0, 0.05) is 0 Å². The van der Waals surface area contributed by atoms with Gasteiger partial charge in [0.15, 0.2) is 17.5 Å². The van der Waals surface area contributed by atoms with Gasteiger partial charge in [-0.2, -0.15) is 8.78 Å². The highest BCUT2D eigenvalue weighted by atomic mass is 19.3. The first kappa shape index (κ1) is 6.12. The lowest BCUT2D eigenvalue weighted by Crippen LogP contribution is -1.90. The van der Waals surface area contributed by atoms with Crippen molar-refractivity contribution in [2.45, 2.75) is 0 Å². The quantitative estimate of drug-likeness (QED) is 0.604. The number of benzene rings is 1. The SMILES string of the molecule is [2H]c1c([2H])c(F)c(F)c(C(F)=C(F)F)c1[2H]. The highest BCUT2D eigenvalue weighted by molar-refractivity contribution is 5.60. The van der Waals surface area contributed by atoms with Crippen LogP contribution in [0.3, 0.4) is 0 Å². The minimum Gasteiger partial charge on any atom is -0.204 e. The van der Waals surface area contributed by atoms with Gasteiger partial charge in [-0.25, -0.2) is 13.2 Å². The Hall–Kier alpha value is -1.39. The molecular weight excluding hydrogens is 191 g/mol. The molecule has 0 nitrogen and oxygen atoms in total. The third kappa shape index (κ3) is 1.85. The molecule has 0 saturated heterocycles. The van der Waals surface area contributed by atoms with Crippen molar-refractivity contribution in [3.8, 4) is 0 Å². The van der Waals surface area contributed by atoms with Crippen molar-refractivity contribution in [3.05, 3.63) is 41.4 Å². The van der Waals surface area contributed by atoms with E-state index in [0.717, 1.165) is 0 Å². The summed E-state index contributed by atoms with van der Waals surface area (Å²) in [7, 11) is 0. The van der Waals surface area contributed by atoms with Gasteiger partial charge in [-0.3, -0.25) is 0 Å². The molecule has 0 aromatic heterocycles. The van der Waals surface area contributed by atoms with Crippen molar-refractivity contribution < 1.29 is 26.1 Å². The molecule has 1 aromatic rings. The first-order valence-electron chi connectivity index (χ1n) is 4.44. The summed E-state index contributed by atoms with van der Waals surface area (Å²) in [5.74, 6) is -6.42. The van der Waals surface area contributed by atoms with Crippen LogP contribution in [0.1, 0.15) is 9.68 Å². The summed E-state index contributed by atoms with van der Waals surface area (Å²) in [5.41, 5.74) is -1.64. The smallest absolute Gasteiger partial charge is 0.204 e. The van der Waals surface area contributed by atoms with Gasteiger partial charge in [-0.05, 0) is 12.1 Å². The minimum atomic E-state index is -2.93. The monoisotopic (exact) mass is 197 g/mol. The number of halogens is 5. The maximum Gasteiger partial charge on any atom is 0.306 e. The highest BCUT2D eigenvalue weighted by Gasteiger charge is 2.15. The lowest BCUT2D eigenvalue weighted by Gasteiger charge is -1.99. The Kier molecular flexibility index (Phi) is 1.67. The lowest BCUT2D eigenvalue weighted by molar-refractivity contribution is 0.408. The average Bonchev–Trinajstić information content (AvgIpc) is 2.23. The maximum absolute atomic E-state index is 13.0. The van der Waals surface area contributed by atoms with E-state index in [2.05, 4.69) is 0 Å². The van der Waals surface area contributed by atoms with Crippen molar-refractivity contribution in [2.75, 3.05) is 0 Å². The lowest BCUT2D eigenvalue weighted by atomic mass is 10.2. The van der Waals surface area contributed by atoms with Crippen molar-refractivity contribution in [2.24, 2.45) is 0 Å². The Bertz CT molecular complexity index is 450. The van der Waals surface area contributed by atoms with Crippen LogP contribution in [0.4, 0.5) is 22.0 Å². The predicted octanol–water partition coefficient (Wildman–Crippen LogP) is 3.50. The molecule has 0 aliphatic carbocycles. The first-order valence-corrected chi connectivity index (χ1v) is 2.94. The zero-order chi connectivity index (χ0) is 12.6. The summed E-state index contributed by atoms with van der Waals surface area (Å²) in [4.78, 5) is 0. The van der Waals surface area contributed by atoms with Crippen LogP contribution < -0.4 is 0 Å². The second kappa shape index (κ2) is 3.55. The Morgan fingerprint density at radius 2 is 1.77 bits per heavy atom. The number of hydrogen-bond acceptors (Lipinski definition) is 0. The molecule has 0 aliphatic heterocycles. The second-order valence-electron chi connectivity index (χ2n) is 1.95. The van der Waals surface area contributed by atoms with Crippen molar-refractivity contribution >= 4 is 5.83 Å². The van der Waals surface area contributed by atoms with E-state index < -0.39 is 47.2 Å². The van der Waals surface area contributed by atoms with Gasteiger partial charge in [-0.15, -0.1) is 0 Å². The molecule has 0 heterocycles. The minimum absolute atomic E-state index is 1.16. The van der Waals surface area contributed by atoms with Crippen LogP contribution in [-0.2, 0) is 0 Å². The maximum atomic E-state index is 13.0. The number of hydrogen-bond donors (Lipinski definition) is 0. The molecule has 0 N–H and O–H groups in total. The fraction of sp³-hybridized carbons (Fsp3) is 0. The molecule has 0 amide bonds. The molecule has 0 saturated carbocycles. The molecule has 5 heteroatoms. The fourth-order valence-electron chi connectivity index (χ4n) is 0.614. The summed E-state index contributed by atoms with van der Waals surface area (Å²) in [6.07, 6.45) is -2.93. The summed E-state index contributed by atoms with van der Waals surface area (Å²) in [6.45, 7) is 0. The first-order chi connectivity index (χ1) is 7.29. The van der Waals surface area contributed by atoms with Gasteiger partial charge in [0.25, 0.3) is 0 Å². The molecule has 0 unspecified atom stereocenters. The van der Waals surface area contributed by atoms with Crippen LogP contribution in [-0.4, -0.2) is 0 Å². The van der Waals surface area contributed by atoms with E-state index in [4.69, 9.17) is 4.11 Å². The van der Waals surface area contributed by atoms with Gasteiger partial charge in [0.05, 0.1) is 9.68 Å². The van der Waals surface area contributed by atoms with E-state index in [-0.39, 0.29) is 0 Å². The molecule has 0 spiro atoms. The Labute approximate surface area is 74.5 Å². The van der Waals surface area contributed by atoms with Crippen LogP contribution in [0.25, 0.3) is 5.83 Å². The largest absolute Gasteiger partial charge is 0.306 e. The van der Waals surface area contributed by atoms with E-state index in [0.29, 0.717) is 0 Å². The van der Waals surface area contributed by atoms with Crippen LogP contribution in [0.2, 0.25) is 0 Å². The van der Waals surface area contributed by atoms with Crippen LogP contribution in [0.5, 0.6) is 0 Å². The van der Waals surface area contributed by atoms with Crippen molar-refractivity contribution in [3.63, 3.8) is 0 Å². The topological polar surface area (TPSA) is 0 Å². The van der Waals surface area contributed by atoms with Gasteiger partial charge in [0.1, 0.15) is 0 Å². The Morgan fingerprint density at radius 1 is 1.15 bits per heavy atom. The summed E-state index contributed by atoms with van der Waals surface area (Å²) >= 11 is 0. The van der Waals surface area contributed by atoms with Gasteiger partial charge in [0.2, 0.25) is 0 Å². The van der Waals surface area contributed by atoms with Crippen LogP contribution >= 0.6 is 0 Å². The summed E-state index contributed by atoms with van der Waals surface area (Å²) < 4.78 is 83.1. The Morgan fingerprint density at radius 3 is 2.31 bits per heavy atom. The third-order valence-corrected chi connectivity index (χ3v) is 1.16. The highest BCUT2D eigenvalue weighted by Crippen LogP contribution is 2.25. The average molecular weight is 197 g/mol. The molecule has 1 aromatic carbocycles. The van der Waals surface area contributed by atoms with E-state index in [1.54, 1.807) is 0 Å². The van der Waals surface area contributed by atoms with E-state index in [1.165, 1.54) is 0 Å². The predicted molar refractivity (Wildman–Crippen MR) is 36.6 cm³/mol. The summed E-state index contributed by atoms with van der Waals surface area (Å²) in [5, 5.41) is 0. The second-order valence-corrected chi connectivity index (χ2v) is 1.95. The standard InChI is InChI=1S/C8H3F5/c9-5-3-1-2-4(6(5)10)7(11)8(12)13/h1-3H/i1D,2D,3D. The molecule has 70 valence electrons. The van der Waals surface area contributed by atoms with Gasteiger partial charge < -0.3 is 0 Å². The Balaban J connectivity index is 3.72. The summed E-state index contributed by atoms with van der Waals surface area (Å²) in [6, 6.07) is -3.74. The van der Waals surface area contributed by atoms with E-state index >= 15 is 0 Å².